The summed E-state index contributed by atoms with van der Waals surface area (Å²) in [6, 6.07) is 7.81. The molecule has 0 amide bonds. The minimum absolute atomic E-state index is 0.158. The maximum absolute atomic E-state index is 12.6. The standard InChI is InChI=1S/C11H14FN/c1-8-2-7-11(13-8)9-3-5-10(12)6-4-9/h3-6,8,11,13H,2,7H2,1H3/t8-,11?/m0/s1. The lowest BCUT2D eigenvalue weighted by Crippen LogP contribution is -2.20. The van der Waals surface area contributed by atoms with E-state index in [1.54, 1.807) is 0 Å². The third-order valence-electron chi connectivity index (χ3n) is 2.65. The van der Waals surface area contributed by atoms with Crippen molar-refractivity contribution in [3.8, 4) is 0 Å². The van der Waals surface area contributed by atoms with Crippen LogP contribution in [0.15, 0.2) is 24.3 Å². The van der Waals surface area contributed by atoms with E-state index >= 15 is 0 Å². The normalized spacial score (nSPS) is 27.8. The first-order valence-corrected chi connectivity index (χ1v) is 4.77. The lowest BCUT2D eigenvalue weighted by Gasteiger charge is -2.11. The van der Waals surface area contributed by atoms with Gasteiger partial charge in [0.25, 0.3) is 0 Å². The molecule has 2 rings (SSSR count). The van der Waals surface area contributed by atoms with Crippen LogP contribution in [0.4, 0.5) is 4.39 Å². The number of hydrogen-bond acceptors (Lipinski definition) is 1. The summed E-state index contributed by atoms with van der Waals surface area (Å²) < 4.78 is 12.6. The van der Waals surface area contributed by atoms with E-state index in [-0.39, 0.29) is 5.82 Å². The van der Waals surface area contributed by atoms with Gasteiger partial charge in [0.1, 0.15) is 5.82 Å². The van der Waals surface area contributed by atoms with Crippen molar-refractivity contribution < 1.29 is 4.39 Å². The SMILES string of the molecule is C[C@H]1CCC(c2ccc(F)cc2)N1. The first-order chi connectivity index (χ1) is 6.25. The maximum atomic E-state index is 12.6. The molecule has 1 aliphatic heterocycles. The van der Waals surface area contributed by atoms with Crippen LogP contribution in [0.25, 0.3) is 0 Å². The molecule has 0 radical (unpaired) electrons. The quantitative estimate of drug-likeness (QED) is 0.698. The van der Waals surface area contributed by atoms with Crippen molar-refractivity contribution in [2.45, 2.75) is 31.8 Å². The zero-order valence-corrected chi connectivity index (χ0v) is 7.76. The van der Waals surface area contributed by atoms with Gasteiger partial charge in [0.2, 0.25) is 0 Å². The molecule has 0 saturated carbocycles. The van der Waals surface area contributed by atoms with Crippen molar-refractivity contribution in [3.05, 3.63) is 35.6 Å². The molecule has 0 spiro atoms. The highest BCUT2D eigenvalue weighted by molar-refractivity contribution is 5.20. The molecule has 0 aromatic heterocycles. The summed E-state index contributed by atoms with van der Waals surface area (Å²) in [6.45, 7) is 2.18. The van der Waals surface area contributed by atoms with Gasteiger partial charge in [0.15, 0.2) is 0 Å². The van der Waals surface area contributed by atoms with Crippen molar-refractivity contribution >= 4 is 0 Å². The smallest absolute Gasteiger partial charge is 0.123 e. The maximum Gasteiger partial charge on any atom is 0.123 e. The van der Waals surface area contributed by atoms with Gasteiger partial charge in [-0.05, 0) is 37.5 Å². The fourth-order valence-corrected chi connectivity index (χ4v) is 1.88. The highest BCUT2D eigenvalue weighted by Gasteiger charge is 2.21. The van der Waals surface area contributed by atoms with Gasteiger partial charge in [-0.25, -0.2) is 4.39 Å². The van der Waals surface area contributed by atoms with E-state index in [0.29, 0.717) is 12.1 Å². The van der Waals surface area contributed by atoms with Gasteiger partial charge in [-0.2, -0.15) is 0 Å². The molecule has 1 unspecified atom stereocenters. The minimum Gasteiger partial charge on any atom is -0.307 e. The zero-order valence-electron chi connectivity index (χ0n) is 7.76. The molecule has 1 aliphatic rings. The van der Waals surface area contributed by atoms with E-state index < -0.39 is 0 Å². The Bertz CT molecular complexity index is 281. The summed E-state index contributed by atoms with van der Waals surface area (Å²) in [7, 11) is 0. The summed E-state index contributed by atoms with van der Waals surface area (Å²) in [4.78, 5) is 0. The van der Waals surface area contributed by atoms with Gasteiger partial charge in [-0.3, -0.25) is 0 Å². The van der Waals surface area contributed by atoms with Gasteiger partial charge >= 0.3 is 0 Å². The van der Waals surface area contributed by atoms with Crippen LogP contribution in [-0.2, 0) is 0 Å². The van der Waals surface area contributed by atoms with Crippen LogP contribution in [0.5, 0.6) is 0 Å². The Labute approximate surface area is 78.0 Å². The number of rotatable bonds is 1. The van der Waals surface area contributed by atoms with E-state index in [0.717, 1.165) is 6.42 Å². The molecular weight excluding hydrogens is 165 g/mol. The molecule has 1 aromatic rings. The Morgan fingerprint density at radius 1 is 1.23 bits per heavy atom. The van der Waals surface area contributed by atoms with Crippen LogP contribution >= 0.6 is 0 Å². The Morgan fingerprint density at radius 3 is 2.46 bits per heavy atom. The van der Waals surface area contributed by atoms with Crippen LogP contribution in [0, 0.1) is 5.82 Å². The van der Waals surface area contributed by atoms with Crippen LogP contribution in [0.3, 0.4) is 0 Å². The average molecular weight is 179 g/mol. The number of hydrogen-bond donors (Lipinski definition) is 1. The Hall–Kier alpha value is -0.890. The molecule has 1 heterocycles. The van der Waals surface area contributed by atoms with Gasteiger partial charge in [-0.15, -0.1) is 0 Å². The molecule has 0 bridgehead atoms. The summed E-state index contributed by atoms with van der Waals surface area (Å²) >= 11 is 0. The van der Waals surface area contributed by atoms with Gasteiger partial charge < -0.3 is 5.32 Å². The van der Waals surface area contributed by atoms with Crippen LogP contribution < -0.4 is 5.32 Å². The van der Waals surface area contributed by atoms with E-state index in [9.17, 15) is 4.39 Å². The minimum atomic E-state index is -0.158. The molecule has 1 nitrogen and oxygen atoms in total. The van der Waals surface area contributed by atoms with Crippen LogP contribution in [-0.4, -0.2) is 6.04 Å². The lowest BCUT2D eigenvalue weighted by atomic mass is 10.1. The third kappa shape index (κ3) is 1.89. The number of benzene rings is 1. The Morgan fingerprint density at radius 2 is 1.92 bits per heavy atom. The van der Waals surface area contributed by atoms with Crippen molar-refractivity contribution in [1.29, 1.82) is 0 Å². The fraction of sp³-hybridized carbons (Fsp3) is 0.455. The first kappa shape index (κ1) is 8.70. The average Bonchev–Trinajstić information content (AvgIpc) is 2.53. The highest BCUT2D eigenvalue weighted by atomic mass is 19.1. The largest absolute Gasteiger partial charge is 0.307 e. The summed E-state index contributed by atoms with van der Waals surface area (Å²) in [5.41, 5.74) is 1.20. The molecule has 1 N–H and O–H groups in total. The first-order valence-electron chi connectivity index (χ1n) is 4.77. The van der Waals surface area contributed by atoms with Gasteiger partial charge in [0, 0.05) is 12.1 Å². The second kappa shape index (κ2) is 3.46. The lowest BCUT2D eigenvalue weighted by molar-refractivity contribution is 0.581. The fourth-order valence-electron chi connectivity index (χ4n) is 1.88. The van der Waals surface area contributed by atoms with E-state index in [4.69, 9.17) is 0 Å². The van der Waals surface area contributed by atoms with E-state index in [1.165, 1.54) is 24.1 Å². The molecular formula is C11H14FN. The zero-order chi connectivity index (χ0) is 9.26. The highest BCUT2D eigenvalue weighted by Crippen LogP contribution is 2.25. The van der Waals surface area contributed by atoms with Crippen molar-refractivity contribution in [2.24, 2.45) is 0 Å². The van der Waals surface area contributed by atoms with E-state index in [1.807, 2.05) is 12.1 Å². The molecule has 1 fully saturated rings. The molecule has 1 aromatic carbocycles. The third-order valence-corrected chi connectivity index (χ3v) is 2.65. The molecule has 1 saturated heterocycles. The molecule has 0 aliphatic carbocycles. The second-order valence-electron chi connectivity index (χ2n) is 3.75. The van der Waals surface area contributed by atoms with Crippen molar-refractivity contribution in [2.75, 3.05) is 0 Å². The van der Waals surface area contributed by atoms with Crippen molar-refractivity contribution in [3.63, 3.8) is 0 Å². The van der Waals surface area contributed by atoms with Gasteiger partial charge in [-0.1, -0.05) is 12.1 Å². The topological polar surface area (TPSA) is 12.0 Å². The second-order valence-corrected chi connectivity index (χ2v) is 3.75. The number of halogens is 1. The molecule has 13 heavy (non-hydrogen) atoms. The Kier molecular flexibility index (Phi) is 2.32. The molecule has 2 atom stereocenters. The number of nitrogens with one attached hydrogen (secondary N) is 1. The predicted molar refractivity (Wildman–Crippen MR) is 51.0 cm³/mol. The van der Waals surface area contributed by atoms with Crippen LogP contribution in [0.2, 0.25) is 0 Å². The molecule has 2 heteroatoms. The summed E-state index contributed by atoms with van der Waals surface area (Å²) in [6.07, 6.45) is 2.37. The Balaban J connectivity index is 2.13. The van der Waals surface area contributed by atoms with Crippen LogP contribution in [0.1, 0.15) is 31.4 Å². The summed E-state index contributed by atoms with van der Waals surface area (Å²) in [5.74, 6) is -0.158. The van der Waals surface area contributed by atoms with Gasteiger partial charge in [0.05, 0.1) is 0 Å². The van der Waals surface area contributed by atoms with E-state index in [2.05, 4.69) is 12.2 Å². The monoisotopic (exact) mass is 179 g/mol. The molecule has 70 valence electrons. The summed E-state index contributed by atoms with van der Waals surface area (Å²) in [5, 5.41) is 3.47. The predicted octanol–water partition coefficient (Wildman–Crippen LogP) is 2.64. The van der Waals surface area contributed by atoms with Crippen molar-refractivity contribution in [1.82, 2.24) is 5.32 Å².